The van der Waals surface area contributed by atoms with E-state index < -0.39 is 84.1 Å². The largest absolute Gasteiger partial charge is 0.507 e. The van der Waals surface area contributed by atoms with Gasteiger partial charge in [0, 0.05) is 26.9 Å². The van der Waals surface area contributed by atoms with Crippen LogP contribution in [0.15, 0.2) is 127 Å². The number of imidazole rings is 1. The number of aromatic hydroxyl groups is 1. The zero-order chi connectivity index (χ0) is 54.6. The lowest BCUT2D eigenvalue weighted by Crippen LogP contribution is -2.11. The molecule has 1 N–H and O–H groups in total. The van der Waals surface area contributed by atoms with Gasteiger partial charge in [-0.25, -0.2) is 4.98 Å². The molecule has 0 saturated carbocycles. The molecule has 8 rings (SSSR count). The maximum atomic E-state index is 11.8. The van der Waals surface area contributed by atoms with E-state index in [2.05, 4.69) is 18.8 Å². The van der Waals surface area contributed by atoms with E-state index in [0.29, 0.717) is 44.4 Å². The monoisotopic (exact) mass is 802 g/mol. The minimum absolute atomic E-state index is 0.0119. The summed E-state index contributed by atoms with van der Waals surface area (Å²) in [6.45, 7) is 11.7. The Labute approximate surface area is 376 Å². The van der Waals surface area contributed by atoms with Crippen molar-refractivity contribution in [1.82, 2.24) is 14.5 Å². The Hall–Kier alpha value is -6.26. The third kappa shape index (κ3) is 7.56. The highest BCUT2D eigenvalue weighted by molar-refractivity contribution is 5.97. The Bertz CT molecular complexity index is 3570. The lowest BCUT2D eigenvalue weighted by atomic mass is 9.83. The topological polar surface area (TPSA) is 50.9 Å². The molecule has 0 aliphatic rings. The first-order valence-electron chi connectivity index (χ1n) is 27.1. The van der Waals surface area contributed by atoms with Crippen molar-refractivity contribution in [2.24, 2.45) is 0 Å². The Morgan fingerprint density at radius 3 is 2.17 bits per heavy atom. The maximum Gasteiger partial charge on any atom is 0.149 e. The van der Waals surface area contributed by atoms with E-state index in [1.807, 2.05) is 96.1 Å². The molecule has 6 aromatic carbocycles. The van der Waals surface area contributed by atoms with Crippen molar-refractivity contribution in [2.45, 2.75) is 93.2 Å². The number of pyridine rings is 1. The highest BCUT2D eigenvalue weighted by atomic mass is 16.3. The molecule has 0 aliphatic carbocycles. The molecule has 0 aliphatic heterocycles. The van der Waals surface area contributed by atoms with Gasteiger partial charge in [-0.05, 0) is 154 Å². The second-order valence-corrected chi connectivity index (χ2v) is 17.1. The van der Waals surface area contributed by atoms with Crippen LogP contribution in [0.1, 0.15) is 118 Å². The van der Waals surface area contributed by atoms with Crippen LogP contribution in [0.5, 0.6) is 5.75 Å². The number of hydrogen-bond donors (Lipinski definition) is 1. The number of hydrogen-bond acceptors (Lipinski definition) is 3. The average Bonchev–Trinajstić information content (AvgIpc) is 3.69. The van der Waals surface area contributed by atoms with E-state index in [0.717, 1.165) is 27.8 Å². The maximum absolute atomic E-state index is 11.8. The number of benzene rings is 6. The lowest BCUT2D eigenvalue weighted by molar-refractivity contribution is 0.472. The zero-order valence-electron chi connectivity index (χ0n) is 49.4. The number of phenolic OH excluding ortho intramolecular Hbond substituents is 1. The number of para-hydroxylation sites is 1. The molecule has 0 amide bonds. The van der Waals surface area contributed by atoms with Crippen LogP contribution in [0.3, 0.4) is 0 Å². The summed E-state index contributed by atoms with van der Waals surface area (Å²) in [6, 6.07) is 21.4. The minimum atomic E-state index is -2.99. The van der Waals surface area contributed by atoms with E-state index in [4.69, 9.17) is 22.8 Å². The molecular weight excluding hydrogens is 731 g/mol. The molecule has 0 radical (unpaired) electrons. The SMILES string of the molecule is [2H]c1nc(-c2cc(-c3cccc4c3nc(-c3cc(C)cc(C)c3O)n4-c3ccc(-c4c(C(C)C)cccc4C([2H])(C)C)cc3C([2H])([2H])[2H])cc(C(C)(C)C)c2)c([2H])c(-c2c([2H])c([2H])c(C([2H])([2H])[2H])c([2H])c2[2H])c1[2H]. The summed E-state index contributed by atoms with van der Waals surface area (Å²) < 4.78 is 124. The molecule has 0 atom stereocenters. The highest BCUT2D eigenvalue weighted by Gasteiger charge is 2.24. The predicted octanol–water partition coefficient (Wildman–Crippen LogP) is 15.2. The molecule has 4 nitrogen and oxygen atoms in total. The summed E-state index contributed by atoms with van der Waals surface area (Å²) in [4.78, 5) is 9.69. The number of phenols is 1. The number of nitrogens with zero attached hydrogens (tertiary/aromatic N) is 3. The summed E-state index contributed by atoms with van der Waals surface area (Å²) in [5.74, 6) is -0.759. The third-order valence-electron chi connectivity index (χ3n) is 11.0. The van der Waals surface area contributed by atoms with Crippen LogP contribution < -0.4 is 0 Å². The standard InChI is InChI=1S/C56H57N3O/c1-33(2)45-14-12-15-46(34(3)4)52(45)41-22-23-50(37(7)28-41)59-51-17-13-16-47(53(51)58-55(59)48-27-36(6)26-38(8)54(48)60)42-29-43(31-44(30-42)56(9,10)11)49-32-40(24-25-57-49)39-20-18-35(5)19-21-39/h12-34,60H,1-11H3/i5D3,7D3,18D,19D,20D,21D,24D,25D,32D,33D. The first-order chi connectivity index (χ1) is 34.2. The normalized spacial score (nSPS) is 15.9. The van der Waals surface area contributed by atoms with E-state index in [1.54, 1.807) is 41.8 Å². The zero-order valence-corrected chi connectivity index (χ0v) is 35.4. The molecule has 0 fully saturated rings. The average molecular weight is 802 g/mol. The molecular formula is C56H57N3O. The van der Waals surface area contributed by atoms with Crippen molar-refractivity contribution >= 4 is 11.0 Å². The van der Waals surface area contributed by atoms with Crippen molar-refractivity contribution in [3.63, 3.8) is 0 Å². The number of aryl methyl sites for hydroxylation is 3. The van der Waals surface area contributed by atoms with Gasteiger partial charge >= 0.3 is 0 Å². The fourth-order valence-corrected chi connectivity index (χ4v) is 7.93. The smallest absolute Gasteiger partial charge is 0.149 e. The van der Waals surface area contributed by atoms with Crippen LogP contribution in [-0.4, -0.2) is 19.6 Å². The van der Waals surface area contributed by atoms with E-state index in [-0.39, 0.29) is 34.4 Å². The summed E-state index contributed by atoms with van der Waals surface area (Å²) in [5.41, 5.74) is 5.92. The van der Waals surface area contributed by atoms with E-state index >= 15 is 0 Å². The van der Waals surface area contributed by atoms with Gasteiger partial charge in [-0.1, -0.05) is 127 Å². The van der Waals surface area contributed by atoms with Crippen LogP contribution in [0.25, 0.3) is 72.7 Å². The number of fused-ring (bicyclic) bond motifs is 1. The molecule has 0 unspecified atom stereocenters. The summed E-state index contributed by atoms with van der Waals surface area (Å²) in [7, 11) is 0. The van der Waals surface area contributed by atoms with Gasteiger partial charge in [0.25, 0.3) is 0 Å². The fraction of sp³-hybridized carbons (Fsp3) is 0.250. The number of aromatic nitrogens is 3. The third-order valence-corrected chi connectivity index (χ3v) is 11.0. The molecule has 0 spiro atoms. The van der Waals surface area contributed by atoms with Crippen molar-refractivity contribution in [1.29, 1.82) is 0 Å². The summed E-state index contributed by atoms with van der Waals surface area (Å²) in [6.07, 6.45) is -0.618. The molecule has 60 heavy (non-hydrogen) atoms. The Balaban J connectivity index is 1.44. The Kier molecular flexibility index (Phi) is 7.02. The molecule has 2 heterocycles. The quantitative estimate of drug-likeness (QED) is 0.166. The van der Waals surface area contributed by atoms with Crippen LogP contribution in [0.4, 0.5) is 0 Å². The molecule has 8 aromatic rings. The van der Waals surface area contributed by atoms with Gasteiger partial charge in [-0.2, -0.15) is 0 Å². The molecule has 302 valence electrons. The molecule has 2 aromatic heterocycles. The van der Waals surface area contributed by atoms with Crippen molar-refractivity contribution in [3.05, 3.63) is 166 Å². The minimum Gasteiger partial charge on any atom is -0.507 e. The van der Waals surface area contributed by atoms with Crippen molar-refractivity contribution in [3.8, 4) is 67.5 Å². The van der Waals surface area contributed by atoms with Crippen LogP contribution >= 0.6 is 0 Å². The predicted molar refractivity (Wildman–Crippen MR) is 254 cm³/mol. The summed E-state index contributed by atoms with van der Waals surface area (Å²) >= 11 is 0. The Morgan fingerprint density at radius 1 is 0.700 bits per heavy atom. The van der Waals surface area contributed by atoms with Crippen LogP contribution in [0.2, 0.25) is 0 Å². The van der Waals surface area contributed by atoms with Gasteiger partial charge in [0.1, 0.15) is 11.6 Å². The fourth-order valence-electron chi connectivity index (χ4n) is 7.93. The van der Waals surface area contributed by atoms with Gasteiger partial charge < -0.3 is 5.11 Å². The van der Waals surface area contributed by atoms with Gasteiger partial charge in [-0.15, -0.1) is 0 Å². The van der Waals surface area contributed by atoms with E-state index in [1.165, 1.54) is 0 Å². The van der Waals surface area contributed by atoms with Crippen LogP contribution in [0, 0.1) is 27.6 Å². The summed E-state index contributed by atoms with van der Waals surface area (Å²) in [5, 5.41) is 11.8. The Morgan fingerprint density at radius 2 is 1.45 bits per heavy atom. The molecule has 4 heteroatoms. The highest BCUT2D eigenvalue weighted by Crippen LogP contribution is 2.43. The lowest BCUT2D eigenvalue weighted by Gasteiger charge is -2.22. The van der Waals surface area contributed by atoms with Gasteiger partial charge in [0.05, 0.1) is 37.6 Å². The first kappa shape index (κ1) is 26.8. The number of rotatable bonds is 8. The second kappa shape index (κ2) is 15.7. The van der Waals surface area contributed by atoms with Crippen LogP contribution in [-0.2, 0) is 5.41 Å². The van der Waals surface area contributed by atoms with Gasteiger partial charge in [0.2, 0.25) is 0 Å². The molecule has 0 bridgehead atoms. The first-order valence-corrected chi connectivity index (χ1v) is 20.1. The van der Waals surface area contributed by atoms with Crippen molar-refractivity contribution in [2.75, 3.05) is 0 Å². The van der Waals surface area contributed by atoms with Crippen molar-refractivity contribution < 1.29 is 24.3 Å². The second-order valence-electron chi connectivity index (χ2n) is 17.1. The molecule has 0 saturated heterocycles. The van der Waals surface area contributed by atoms with E-state index in [9.17, 15) is 6.48 Å². The van der Waals surface area contributed by atoms with Gasteiger partial charge in [-0.3, -0.25) is 9.55 Å². The van der Waals surface area contributed by atoms with Gasteiger partial charge in [0.15, 0.2) is 0 Å².